The van der Waals surface area contributed by atoms with Crippen LogP contribution in [-0.4, -0.2) is 18.0 Å². The third kappa shape index (κ3) is 2.68. The maximum absolute atomic E-state index is 12.2. The van der Waals surface area contributed by atoms with Gasteiger partial charge in [0.1, 0.15) is 5.75 Å². The van der Waals surface area contributed by atoms with E-state index < -0.39 is 0 Å². The van der Waals surface area contributed by atoms with Crippen LogP contribution in [0.5, 0.6) is 5.75 Å². The molecule has 0 amide bonds. The van der Waals surface area contributed by atoms with Gasteiger partial charge in [0.05, 0.1) is 13.2 Å². The Bertz CT molecular complexity index is 842. The summed E-state index contributed by atoms with van der Waals surface area (Å²) in [6, 6.07) is 11.7. The highest BCUT2D eigenvalue weighted by Crippen LogP contribution is 2.38. The van der Waals surface area contributed by atoms with Gasteiger partial charge in [-0.3, -0.25) is 4.79 Å². The van der Waals surface area contributed by atoms with Crippen molar-refractivity contribution in [3.63, 3.8) is 0 Å². The number of benzene rings is 2. The Hall–Kier alpha value is -2.40. The van der Waals surface area contributed by atoms with Crippen LogP contribution in [0.4, 0.5) is 0 Å². The zero-order valence-corrected chi connectivity index (χ0v) is 14.1. The van der Waals surface area contributed by atoms with Crippen molar-refractivity contribution in [1.82, 2.24) is 10.6 Å². The van der Waals surface area contributed by atoms with Crippen molar-refractivity contribution in [2.24, 2.45) is 0 Å². The first kappa shape index (κ1) is 15.5. The second kappa shape index (κ2) is 6.01. The summed E-state index contributed by atoms with van der Waals surface area (Å²) >= 11 is 5.29. The number of methoxy groups -OCH3 is 1. The largest absolute Gasteiger partial charge is 0.496 e. The van der Waals surface area contributed by atoms with E-state index in [4.69, 9.17) is 17.0 Å². The number of rotatable bonds is 3. The molecule has 2 aromatic rings. The minimum atomic E-state index is -0.331. The molecule has 0 fully saturated rings. The second-order valence-corrected chi connectivity index (χ2v) is 5.94. The molecule has 4 nitrogen and oxygen atoms in total. The van der Waals surface area contributed by atoms with E-state index in [1.165, 1.54) is 0 Å². The normalized spacial score (nSPS) is 17.7. The van der Waals surface area contributed by atoms with Crippen molar-refractivity contribution >= 4 is 33.9 Å². The molecular weight excluding hydrogens is 308 g/mol. The van der Waals surface area contributed by atoms with E-state index in [2.05, 4.69) is 10.6 Å². The molecule has 1 aliphatic rings. The predicted octanol–water partition coefficient (Wildman–Crippen LogP) is 3.23. The molecule has 1 unspecified atom stereocenters. The summed E-state index contributed by atoms with van der Waals surface area (Å²) < 4.78 is 5.57. The Kier molecular flexibility index (Phi) is 4.05. The number of carbonyl (C=O) groups is 1. The lowest BCUT2D eigenvalue weighted by Crippen LogP contribution is -2.44. The molecule has 0 aliphatic carbocycles. The van der Waals surface area contributed by atoms with Gasteiger partial charge in [-0.15, -0.1) is 0 Å². The topological polar surface area (TPSA) is 50.4 Å². The van der Waals surface area contributed by atoms with Crippen molar-refractivity contribution in [3.05, 3.63) is 53.2 Å². The number of thiocarbonyl (C=S) groups is 1. The summed E-state index contributed by atoms with van der Waals surface area (Å²) in [7, 11) is 1.64. The second-order valence-electron chi connectivity index (χ2n) is 5.53. The number of fused-ring (bicyclic) bond motifs is 1. The maximum atomic E-state index is 12.2. The lowest BCUT2D eigenvalue weighted by Gasteiger charge is -2.31. The van der Waals surface area contributed by atoms with E-state index in [9.17, 15) is 4.79 Å². The van der Waals surface area contributed by atoms with Gasteiger partial charge in [-0.25, -0.2) is 0 Å². The van der Waals surface area contributed by atoms with E-state index >= 15 is 0 Å². The van der Waals surface area contributed by atoms with Crippen LogP contribution in [0.1, 0.15) is 25.5 Å². The molecule has 0 spiro atoms. The zero-order valence-electron chi connectivity index (χ0n) is 13.3. The van der Waals surface area contributed by atoms with Gasteiger partial charge in [-0.05, 0) is 42.9 Å². The molecule has 1 atom stereocenters. The summed E-state index contributed by atoms with van der Waals surface area (Å²) in [5.74, 6) is 0.738. The molecule has 118 valence electrons. The number of Topliss-reactive ketones (excluding diaryl/α,β-unsaturated/α-hetero) is 1. The number of hydrogen-bond donors (Lipinski definition) is 2. The first-order chi connectivity index (χ1) is 11.0. The van der Waals surface area contributed by atoms with Crippen LogP contribution in [-0.2, 0) is 4.79 Å². The number of hydrogen-bond acceptors (Lipinski definition) is 3. The van der Waals surface area contributed by atoms with Crippen molar-refractivity contribution in [2.45, 2.75) is 19.9 Å². The molecule has 2 N–H and O–H groups in total. The van der Waals surface area contributed by atoms with Gasteiger partial charge >= 0.3 is 0 Å². The Morgan fingerprint density at radius 3 is 2.65 bits per heavy atom. The molecule has 1 aliphatic heterocycles. The summed E-state index contributed by atoms with van der Waals surface area (Å²) in [5, 5.41) is 8.90. The average molecular weight is 326 g/mol. The van der Waals surface area contributed by atoms with Crippen molar-refractivity contribution < 1.29 is 9.53 Å². The van der Waals surface area contributed by atoms with Gasteiger partial charge in [-0.2, -0.15) is 0 Å². The van der Waals surface area contributed by atoms with Crippen LogP contribution in [0.2, 0.25) is 0 Å². The Balaban J connectivity index is 2.31. The summed E-state index contributed by atoms with van der Waals surface area (Å²) in [5.41, 5.74) is 2.38. The standard InChI is InChI=1S/C18H18N2O2S/c1-10-15(11(2)21)17(20-18(23)19-10)16-13-7-5-4-6-12(13)8-9-14(16)22-3/h4-9,17H,1-3H3,(H2,19,20,23). The molecule has 0 saturated heterocycles. The van der Waals surface area contributed by atoms with E-state index in [-0.39, 0.29) is 11.8 Å². The fourth-order valence-electron chi connectivity index (χ4n) is 3.13. The van der Waals surface area contributed by atoms with Gasteiger partial charge in [0, 0.05) is 16.8 Å². The van der Waals surface area contributed by atoms with Gasteiger partial charge in [0.25, 0.3) is 0 Å². The highest BCUT2D eigenvalue weighted by atomic mass is 32.1. The Labute approximate surface area is 140 Å². The van der Waals surface area contributed by atoms with E-state index in [1.807, 2.05) is 43.3 Å². The lowest BCUT2D eigenvalue weighted by atomic mass is 9.89. The van der Waals surface area contributed by atoms with Crippen LogP contribution in [0.25, 0.3) is 10.8 Å². The molecule has 3 rings (SSSR count). The van der Waals surface area contributed by atoms with Crippen LogP contribution in [0, 0.1) is 0 Å². The van der Waals surface area contributed by atoms with E-state index in [1.54, 1.807) is 14.0 Å². The molecule has 0 radical (unpaired) electrons. The molecule has 0 saturated carbocycles. The third-order valence-corrected chi connectivity index (χ3v) is 4.31. The Morgan fingerprint density at radius 1 is 1.22 bits per heavy atom. The molecule has 23 heavy (non-hydrogen) atoms. The molecule has 1 heterocycles. The minimum absolute atomic E-state index is 0.00462. The molecule has 5 heteroatoms. The number of ketones is 1. The summed E-state index contributed by atoms with van der Waals surface area (Å²) in [4.78, 5) is 12.2. The SMILES string of the molecule is COc1ccc2ccccc2c1C1NC(=S)NC(C)=C1C(C)=O. The van der Waals surface area contributed by atoms with Crippen molar-refractivity contribution in [3.8, 4) is 5.75 Å². The lowest BCUT2D eigenvalue weighted by molar-refractivity contribution is -0.114. The molecule has 2 aromatic carbocycles. The van der Waals surface area contributed by atoms with Crippen LogP contribution < -0.4 is 15.4 Å². The number of carbonyl (C=O) groups excluding carboxylic acids is 1. The van der Waals surface area contributed by atoms with E-state index in [0.717, 1.165) is 27.8 Å². The van der Waals surface area contributed by atoms with Crippen LogP contribution in [0.3, 0.4) is 0 Å². The van der Waals surface area contributed by atoms with Crippen LogP contribution in [0.15, 0.2) is 47.7 Å². The van der Waals surface area contributed by atoms with Crippen LogP contribution >= 0.6 is 12.2 Å². The van der Waals surface area contributed by atoms with E-state index in [0.29, 0.717) is 10.7 Å². The Morgan fingerprint density at radius 2 is 1.96 bits per heavy atom. The molecule has 0 bridgehead atoms. The predicted molar refractivity (Wildman–Crippen MR) is 95.5 cm³/mol. The quantitative estimate of drug-likeness (QED) is 0.848. The minimum Gasteiger partial charge on any atom is -0.496 e. The molecule has 0 aromatic heterocycles. The number of ether oxygens (including phenoxy) is 1. The summed E-state index contributed by atoms with van der Waals surface area (Å²) in [6.07, 6.45) is 0. The highest BCUT2D eigenvalue weighted by Gasteiger charge is 2.31. The summed E-state index contributed by atoms with van der Waals surface area (Å²) in [6.45, 7) is 3.44. The first-order valence-corrected chi connectivity index (χ1v) is 7.78. The fourth-order valence-corrected chi connectivity index (χ4v) is 3.40. The number of allylic oxidation sites excluding steroid dienone is 1. The van der Waals surface area contributed by atoms with Gasteiger partial charge < -0.3 is 15.4 Å². The monoisotopic (exact) mass is 326 g/mol. The van der Waals surface area contributed by atoms with Crippen molar-refractivity contribution in [1.29, 1.82) is 0 Å². The van der Waals surface area contributed by atoms with Crippen molar-refractivity contribution in [2.75, 3.05) is 7.11 Å². The van der Waals surface area contributed by atoms with Gasteiger partial charge in [0.2, 0.25) is 0 Å². The average Bonchev–Trinajstić information content (AvgIpc) is 2.52. The van der Waals surface area contributed by atoms with Gasteiger partial charge in [0.15, 0.2) is 10.9 Å². The highest BCUT2D eigenvalue weighted by molar-refractivity contribution is 7.80. The fraction of sp³-hybridized carbons (Fsp3) is 0.222. The smallest absolute Gasteiger partial charge is 0.171 e. The number of nitrogens with one attached hydrogen (secondary N) is 2. The zero-order chi connectivity index (χ0) is 16.6. The molecular formula is C18H18N2O2S. The van der Waals surface area contributed by atoms with Gasteiger partial charge in [-0.1, -0.05) is 30.3 Å². The third-order valence-electron chi connectivity index (χ3n) is 4.09. The maximum Gasteiger partial charge on any atom is 0.171 e. The first-order valence-electron chi connectivity index (χ1n) is 7.37.